The van der Waals surface area contributed by atoms with Gasteiger partial charge in [0.1, 0.15) is 5.75 Å². The lowest BCUT2D eigenvalue weighted by Crippen LogP contribution is -2.23. The van der Waals surface area contributed by atoms with Gasteiger partial charge in [-0.05, 0) is 23.3 Å². The number of ether oxygens (including phenoxy) is 1. The molecule has 4 rings (SSSR count). The second-order valence-corrected chi connectivity index (χ2v) is 6.84. The third kappa shape index (κ3) is 4.09. The number of hydrogen-bond acceptors (Lipinski definition) is 4. The third-order valence-corrected chi connectivity index (χ3v) is 4.78. The van der Waals surface area contributed by atoms with Gasteiger partial charge in [-0.3, -0.25) is 9.59 Å². The Balaban J connectivity index is 1.58. The normalized spacial score (nSPS) is 10.8. The summed E-state index contributed by atoms with van der Waals surface area (Å²) in [7, 11) is 1.58. The highest BCUT2D eigenvalue weighted by molar-refractivity contribution is 5.87. The number of nitrogens with zero attached hydrogens (tertiary/aromatic N) is 2. The molecule has 5 heteroatoms. The van der Waals surface area contributed by atoms with Gasteiger partial charge < -0.3 is 4.74 Å². The van der Waals surface area contributed by atoms with E-state index in [2.05, 4.69) is 5.10 Å². The lowest BCUT2D eigenvalue weighted by Gasteiger charge is -2.11. The van der Waals surface area contributed by atoms with Crippen LogP contribution < -0.4 is 10.3 Å². The molecule has 0 amide bonds. The van der Waals surface area contributed by atoms with Crippen molar-refractivity contribution in [1.29, 1.82) is 0 Å². The molecule has 0 fully saturated rings. The second kappa shape index (κ2) is 8.10. The number of carbonyl (C=O) groups is 1. The maximum absolute atomic E-state index is 12.7. The van der Waals surface area contributed by atoms with Gasteiger partial charge in [-0.1, -0.05) is 66.7 Å². The molecular formula is C24H20N2O3. The molecule has 5 nitrogen and oxygen atoms in total. The fourth-order valence-electron chi connectivity index (χ4n) is 3.37. The van der Waals surface area contributed by atoms with E-state index in [-0.39, 0.29) is 12.0 Å². The lowest BCUT2D eigenvalue weighted by molar-refractivity contribution is -0.133. The molecule has 29 heavy (non-hydrogen) atoms. The average Bonchev–Trinajstić information content (AvgIpc) is 2.74. The highest BCUT2D eigenvalue weighted by atomic mass is 16.5. The predicted octanol–water partition coefficient (Wildman–Crippen LogP) is 3.67. The molecule has 0 spiro atoms. The Labute approximate surface area is 168 Å². The highest BCUT2D eigenvalue weighted by Gasteiger charge is 2.15. The van der Waals surface area contributed by atoms with E-state index < -0.39 is 5.97 Å². The highest BCUT2D eigenvalue weighted by Crippen LogP contribution is 2.22. The zero-order chi connectivity index (χ0) is 20.2. The van der Waals surface area contributed by atoms with E-state index in [1.807, 2.05) is 54.6 Å². The predicted molar refractivity (Wildman–Crippen MR) is 112 cm³/mol. The number of hydrogen-bond donors (Lipinski definition) is 0. The van der Waals surface area contributed by atoms with Crippen LogP contribution in [-0.2, 0) is 24.7 Å². The van der Waals surface area contributed by atoms with Crippen LogP contribution in [0.5, 0.6) is 5.75 Å². The van der Waals surface area contributed by atoms with Crippen LogP contribution in [0, 0.1) is 0 Å². The molecule has 1 aromatic heterocycles. The topological polar surface area (TPSA) is 61.2 Å². The molecule has 0 aliphatic carbocycles. The van der Waals surface area contributed by atoms with E-state index >= 15 is 0 Å². The standard InChI is InChI=1S/C24H20N2O3/c1-26-24(28)20-13-7-6-12-19(20)21(25-26)16-23(27)29-22-14-8-5-11-18(22)15-17-9-3-2-4-10-17/h2-14H,15-16H2,1H3. The van der Waals surface area contributed by atoms with Crippen LogP contribution in [0.2, 0.25) is 0 Å². The Hall–Kier alpha value is -3.73. The first-order chi connectivity index (χ1) is 14.1. The molecule has 0 N–H and O–H groups in total. The minimum Gasteiger partial charge on any atom is -0.426 e. The number of esters is 1. The summed E-state index contributed by atoms with van der Waals surface area (Å²) < 4.78 is 6.93. The van der Waals surface area contributed by atoms with Crippen molar-refractivity contribution in [1.82, 2.24) is 9.78 Å². The summed E-state index contributed by atoms with van der Waals surface area (Å²) in [4.78, 5) is 24.9. The molecule has 0 unspecified atom stereocenters. The molecule has 0 radical (unpaired) electrons. The molecule has 3 aromatic carbocycles. The summed E-state index contributed by atoms with van der Waals surface area (Å²) in [6, 6.07) is 24.7. The summed E-state index contributed by atoms with van der Waals surface area (Å²) >= 11 is 0. The minimum atomic E-state index is -0.415. The van der Waals surface area contributed by atoms with Crippen molar-refractivity contribution in [2.24, 2.45) is 7.05 Å². The summed E-state index contributed by atoms with van der Waals surface area (Å²) in [6.45, 7) is 0. The van der Waals surface area contributed by atoms with Crippen LogP contribution in [0.1, 0.15) is 16.8 Å². The van der Waals surface area contributed by atoms with Gasteiger partial charge in [0.25, 0.3) is 5.56 Å². The first kappa shape index (κ1) is 18.6. The van der Waals surface area contributed by atoms with Crippen LogP contribution in [0.25, 0.3) is 10.8 Å². The Morgan fingerprint density at radius 2 is 1.55 bits per heavy atom. The fourth-order valence-corrected chi connectivity index (χ4v) is 3.37. The maximum atomic E-state index is 12.7. The number of fused-ring (bicyclic) bond motifs is 1. The van der Waals surface area contributed by atoms with Crippen molar-refractivity contribution in [2.75, 3.05) is 0 Å². The Morgan fingerprint density at radius 1 is 0.897 bits per heavy atom. The van der Waals surface area contributed by atoms with Crippen LogP contribution in [0.4, 0.5) is 0 Å². The van der Waals surface area contributed by atoms with Gasteiger partial charge in [-0.25, -0.2) is 4.68 Å². The number of rotatable bonds is 5. The average molecular weight is 384 g/mol. The van der Waals surface area contributed by atoms with E-state index in [9.17, 15) is 9.59 Å². The maximum Gasteiger partial charge on any atom is 0.317 e. The van der Waals surface area contributed by atoms with Crippen LogP contribution in [0.3, 0.4) is 0 Å². The molecule has 0 saturated heterocycles. The number of aromatic nitrogens is 2. The summed E-state index contributed by atoms with van der Waals surface area (Å²) in [5.41, 5.74) is 2.41. The van der Waals surface area contributed by atoms with Crippen molar-refractivity contribution >= 4 is 16.7 Å². The van der Waals surface area contributed by atoms with Gasteiger partial charge in [0.15, 0.2) is 0 Å². The van der Waals surface area contributed by atoms with Crippen molar-refractivity contribution in [3.63, 3.8) is 0 Å². The number of benzene rings is 3. The van der Waals surface area contributed by atoms with Crippen molar-refractivity contribution in [2.45, 2.75) is 12.8 Å². The smallest absolute Gasteiger partial charge is 0.317 e. The van der Waals surface area contributed by atoms with E-state index in [0.29, 0.717) is 28.6 Å². The fraction of sp³-hybridized carbons (Fsp3) is 0.125. The van der Waals surface area contributed by atoms with Crippen molar-refractivity contribution < 1.29 is 9.53 Å². The van der Waals surface area contributed by atoms with Crippen LogP contribution >= 0.6 is 0 Å². The second-order valence-electron chi connectivity index (χ2n) is 6.84. The Morgan fingerprint density at radius 3 is 2.34 bits per heavy atom. The zero-order valence-corrected chi connectivity index (χ0v) is 16.0. The minimum absolute atomic E-state index is 0.0195. The lowest BCUT2D eigenvalue weighted by atomic mass is 10.0. The molecule has 4 aromatic rings. The van der Waals surface area contributed by atoms with Gasteiger partial charge in [-0.2, -0.15) is 5.10 Å². The van der Waals surface area contributed by atoms with Gasteiger partial charge in [0.05, 0.1) is 17.5 Å². The van der Waals surface area contributed by atoms with Crippen LogP contribution in [-0.4, -0.2) is 15.7 Å². The number of aryl methyl sites for hydroxylation is 1. The number of carbonyl (C=O) groups excluding carboxylic acids is 1. The molecule has 0 aliphatic rings. The Bertz CT molecular complexity index is 1230. The molecule has 0 atom stereocenters. The monoisotopic (exact) mass is 384 g/mol. The number of para-hydroxylation sites is 1. The van der Waals surface area contributed by atoms with Gasteiger partial charge >= 0.3 is 5.97 Å². The first-order valence-electron chi connectivity index (χ1n) is 9.39. The van der Waals surface area contributed by atoms with Gasteiger partial charge in [0, 0.05) is 18.9 Å². The molecule has 1 heterocycles. The molecule has 0 bridgehead atoms. The van der Waals surface area contributed by atoms with E-state index in [4.69, 9.17) is 4.74 Å². The summed E-state index contributed by atoms with van der Waals surface area (Å²) in [5.74, 6) is 0.122. The van der Waals surface area contributed by atoms with Crippen molar-refractivity contribution in [3.8, 4) is 5.75 Å². The molecular weight excluding hydrogens is 364 g/mol. The first-order valence-corrected chi connectivity index (χ1v) is 9.39. The Kier molecular flexibility index (Phi) is 5.20. The zero-order valence-electron chi connectivity index (χ0n) is 16.0. The quantitative estimate of drug-likeness (QED) is 0.389. The summed E-state index contributed by atoms with van der Waals surface area (Å²) in [6.07, 6.45) is 0.652. The van der Waals surface area contributed by atoms with Gasteiger partial charge in [-0.15, -0.1) is 0 Å². The molecule has 0 saturated carbocycles. The van der Waals surface area contributed by atoms with Crippen LogP contribution in [0.15, 0.2) is 83.7 Å². The third-order valence-electron chi connectivity index (χ3n) is 4.78. The largest absolute Gasteiger partial charge is 0.426 e. The summed E-state index contributed by atoms with van der Waals surface area (Å²) in [5, 5.41) is 5.49. The van der Waals surface area contributed by atoms with Gasteiger partial charge in [0.2, 0.25) is 0 Å². The van der Waals surface area contributed by atoms with Crippen molar-refractivity contribution in [3.05, 3.63) is 106 Å². The molecule has 144 valence electrons. The SMILES string of the molecule is Cn1nc(CC(=O)Oc2ccccc2Cc2ccccc2)c2ccccc2c1=O. The van der Waals surface area contributed by atoms with E-state index in [0.717, 1.165) is 11.1 Å². The van der Waals surface area contributed by atoms with E-state index in [1.165, 1.54) is 4.68 Å². The van der Waals surface area contributed by atoms with E-state index in [1.54, 1.807) is 31.3 Å². The molecule has 0 aliphatic heterocycles.